The van der Waals surface area contributed by atoms with Gasteiger partial charge in [0.15, 0.2) is 0 Å². The molecule has 0 spiro atoms. The quantitative estimate of drug-likeness (QED) is 0.546. The van der Waals surface area contributed by atoms with Gasteiger partial charge in [0.2, 0.25) is 5.91 Å². The molecule has 0 radical (unpaired) electrons. The molecular weight excluding hydrogens is 445 g/mol. The lowest BCUT2D eigenvalue weighted by Crippen LogP contribution is -2.59. The minimum absolute atomic E-state index is 0.0397. The van der Waals surface area contributed by atoms with Crippen LogP contribution in [-0.2, 0) is 17.8 Å². The molecule has 1 fully saturated rings. The van der Waals surface area contributed by atoms with Crippen LogP contribution in [0.15, 0.2) is 30.5 Å². The van der Waals surface area contributed by atoms with E-state index < -0.39 is 17.6 Å². The summed E-state index contributed by atoms with van der Waals surface area (Å²) in [5.74, 6) is -0.823. The number of aromatic nitrogens is 2. The summed E-state index contributed by atoms with van der Waals surface area (Å²) < 4.78 is 14.4. The number of halogens is 1. The van der Waals surface area contributed by atoms with Crippen molar-refractivity contribution in [2.45, 2.75) is 43.9 Å². The zero-order valence-corrected chi connectivity index (χ0v) is 18.9. The number of rotatable bonds is 4. The number of nitrogens with one attached hydrogen (secondary N) is 3. The van der Waals surface area contributed by atoms with Crippen molar-refractivity contribution < 1.29 is 18.8 Å². The maximum Gasteiger partial charge on any atom is 0.261 e. The lowest BCUT2D eigenvalue weighted by Gasteiger charge is -2.37. The molecule has 2 unspecified atom stereocenters. The number of nitrogens with zero attached hydrogens (tertiary/aromatic N) is 2. The largest absolute Gasteiger partial charge is 0.354 e. The van der Waals surface area contributed by atoms with Gasteiger partial charge in [0.05, 0.1) is 16.6 Å². The molecule has 1 aliphatic carbocycles. The molecule has 0 saturated heterocycles. The predicted molar refractivity (Wildman–Crippen MR) is 122 cm³/mol. The fourth-order valence-corrected chi connectivity index (χ4v) is 5.87. The molecule has 10 heteroatoms. The Bertz CT molecular complexity index is 1250. The average molecular weight is 470 g/mol. The van der Waals surface area contributed by atoms with E-state index in [-0.39, 0.29) is 31.1 Å². The van der Waals surface area contributed by atoms with Crippen molar-refractivity contribution in [2.75, 3.05) is 13.6 Å². The van der Waals surface area contributed by atoms with E-state index in [0.29, 0.717) is 30.0 Å². The second-order valence-electron chi connectivity index (χ2n) is 8.66. The number of H-pyrrole nitrogens is 1. The Hall–Kier alpha value is -3.27. The minimum Gasteiger partial charge on any atom is -0.354 e. The lowest BCUT2D eigenvalue weighted by atomic mass is 9.93. The van der Waals surface area contributed by atoms with Crippen LogP contribution in [0.2, 0.25) is 0 Å². The van der Waals surface area contributed by atoms with Gasteiger partial charge in [0.25, 0.3) is 11.8 Å². The average Bonchev–Trinajstić information content (AvgIpc) is 3.55. The second kappa shape index (κ2) is 8.26. The van der Waals surface area contributed by atoms with E-state index in [4.69, 9.17) is 0 Å². The molecule has 2 aliphatic rings. The van der Waals surface area contributed by atoms with Gasteiger partial charge >= 0.3 is 0 Å². The monoisotopic (exact) mass is 469 g/mol. The van der Waals surface area contributed by atoms with Crippen LogP contribution in [-0.4, -0.2) is 58.1 Å². The SMILES string of the molecule is CNC(=O)c1cc2c(s1)CCN(C(=O)C1(NC(=O)c3ccc4[nH]ncc4c3)CCC(F)C1)C2. The Balaban J connectivity index is 1.38. The topological polar surface area (TPSA) is 107 Å². The zero-order chi connectivity index (χ0) is 23.2. The number of hydrogen-bond acceptors (Lipinski definition) is 5. The predicted octanol–water partition coefficient (Wildman–Crippen LogP) is 2.56. The summed E-state index contributed by atoms with van der Waals surface area (Å²) in [6.07, 6.45) is 1.55. The number of alkyl halides is 1. The van der Waals surface area contributed by atoms with Gasteiger partial charge in [0, 0.05) is 42.4 Å². The first-order valence-corrected chi connectivity index (χ1v) is 11.7. The number of amides is 3. The zero-order valence-electron chi connectivity index (χ0n) is 18.1. The van der Waals surface area contributed by atoms with Crippen LogP contribution in [0.4, 0.5) is 4.39 Å². The van der Waals surface area contributed by atoms with Crippen LogP contribution in [0.1, 0.15) is 49.7 Å². The van der Waals surface area contributed by atoms with Gasteiger partial charge in [0.1, 0.15) is 11.7 Å². The summed E-state index contributed by atoms with van der Waals surface area (Å²) in [6, 6.07) is 6.93. The van der Waals surface area contributed by atoms with Crippen LogP contribution < -0.4 is 10.6 Å². The number of carbonyl (C=O) groups is 3. The summed E-state index contributed by atoms with van der Waals surface area (Å²) in [4.78, 5) is 42.1. The molecule has 1 aliphatic heterocycles. The lowest BCUT2D eigenvalue weighted by molar-refractivity contribution is -0.139. The Morgan fingerprint density at radius 2 is 2.12 bits per heavy atom. The molecule has 33 heavy (non-hydrogen) atoms. The van der Waals surface area contributed by atoms with Crippen LogP contribution in [0.5, 0.6) is 0 Å². The third kappa shape index (κ3) is 3.88. The van der Waals surface area contributed by atoms with Gasteiger partial charge in [-0.3, -0.25) is 19.5 Å². The smallest absolute Gasteiger partial charge is 0.261 e. The van der Waals surface area contributed by atoms with E-state index in [0.717, 1.165) is 21.3 Å². The van der Waals surface area contributed by atoms with Gasteiger partial charge < -0.3 is 15.5 Å². The number of fused-ring (bicyclic) bond motifs is 2. The van der Waals surface area contributed by atoms with Crippen LogP contribution in [0.25, 0.3) is 10.9 Å². The molecule has 3 N–H and O–H groups in total. The summed E-state index contributed by atoms with van der Waals surface area (Å²) in [5.41, 5.74) is 0.851. The highest BCUT2D eigenvalue weighted by Crippen LogP contribution is 2.36. The minimum atomic E-state index is -1.28. The molecule has 172 valence electrons. The molecule has 1 saturated carbocycles. The Morgan fingerprint density at radius 3 is 2.88 bits per heavy atom. The van der Waals surface area contributed by atoms with E-state index in [1.807, 2.05) is 6.07 Å². The molecule has 0 bridgehead atoms. The van der Waals surface area contributed by atoms with Crippen molar-refractivity contribution in [3.63, 3.8) is 0 Å². The first-order valence-electron chi connectivity index (χ1n) is 10.9. The number of carbonyl (C=O) groups excluding carboxylic acids is 3. The van der Waals surface area contributed by atoms with E-state index in [1.54, 1.807) is 36.3 Å². The van der Waals surface area contributed by atoms with Crippen LogP contribution >= 0.6 is 11.3 Å². The highest BCUT2D eigenvalue weighted by molar-refractivity contribution is 7.14. The Labute approximate surface area is 193 Å². The maximum absolute atomic E-state index is 14.4. The molecule has 3 aromatic rings. The summed E-state index contributed by atoms with van der Waals surface area (Å²) in [6.45, 7) is 0.812. The van der Waals surface area contributed by atoms with Crippen molar-refractivity contribution in [3.8, 4) is 0 Å². The van der Waals surface area contributed by atoms with Gasteiger partial charge in [-0.05, 0) is 49.1 Å². The normalized spacial score (nSPS) is 22.2. The molecule has 1 aromatic carbocycles. The Kier molecular flexibility index (Phi) is 5.40. The molecular formula is C23H24FN5O3S. The highest BCUT2D eigenvalue weighted by Gasteiger charge is 2.49. The first-order chi connectivity index (χ1) is 15.9. The highest BCUT2D eigenvalue weighted by atomic mass is 32.1. The van der Waals surface area contributed by atoms with Crippen LogP contribution in [0.3, 0.4) is 0 Å². The molecule has 2 atom stereocenters. The molecule has 2 aromatic heterocycles. The van der Waals surface area contributed by atoms with Gasteiger partial charge in [-0.25, -0.2) is 4.39 Å². The third-order valence-corrected chi connectivity index (χ3v) is 7.76. The second-order valence-corrected chi connectivity index (χ2v) is 9.80. The van der Waals surface area contributed by atoms with Crippen molar-refractivity contribution in [1.29, 1.82) is 0 Å². The molecule has 3 amide bonds. The van der Waals surface area contributed by atoms with Gasteiger partial charge in [-0.1, -0.05) is 0 Å². The van der Waals surface area contributed by atoms with E-state index in [9.17, 15) is 18.8 Å². The van der Waals surface area contributed by atoms with E-state index in [1.165, 1.54) is 11.3 Å². The summed E-state index contributed by atoms with van der Waals surface area (Å²) in [7, 11) is 1.58. The van der Waals surface area contributed by atoms with Crippen molar-refractivity contribution in [3.05, 3.63) is 51.3 Å². The van der Waals surface area contributed by atoms with Crippen LogP contribution in [0, 0.1) is 0 Å². The number of benzene rings is 1. The Morgan fingerprint density at radius 1 is 1.27 bits per heavy atom. The van der Waals surface area contributed by atoms with E-state index in [2.05, 4.69) is 20.8 Å². The van der Waals surface area contributed by atoms with Crippen molar-refractivity contribution >= 4 is 40.0 Å². The number of aromatic amines is 1. The fraction of sp³-hybridized carbons (Fsp3) is 0.391. The maximum atomic E-state index is 14.4. The van der Waals surface area contributed by atoms with Crippen molar-refractivity contribution in [2.24, 2.45) is 0 Å². The fourth-order valence-electron chi connectivity index (χ4n) is 4.76. The van der Waals surface area contributed by atoms with E-state index >= 15 is 0 Å². The molecule has 5 rings (SSSR count). The molecule has 3 heterocycles. The first kappa shape index (κ1) is 21.6. The number of hydrogen-bond donors (Lipinski definition) is 3. The third-order valence-electron chi connectivity index (χ3n) is 6.52. The summed E-state index contributed by atoms with van der Waals surface area (Å²) >= 11 is 1.44. The van der Waals surface area contributed by atoms with Crippen molar-refractivity contribution in [1.82, 2.24) is 25.7 Å². The number of thiophene rings is 1. The summed E-state index contributed by atoms with van der Waals surface area (Å²) in [5, 5.41) is 13.1. The molecule has 8 nitrogen and oxygen atoms in total. The van der Waals surface area contributed by atoms with Gasteiger partial charge in [-0.2, -0.15) is 5.10 Å². The van der Waals surface area contributed by atoms with Gasteiger partial charge in [-0.15, -0.1) is 11.3 Å². The standard InChI is InChI=1S/C23H24FN5O3S/c1-25-21(31)19-9-15-12-29(7-5-18(15)33-19)22(32)23(6-4-16(24)10-23)27-20(30)13-2-3-17-14(8-13)11-26-28-17/h2-3,8-9,11,16H,4-7,10,12H2,1H3,(H,25,31)(H,26,28)(H,27,30).